The third-order valence-corrected chi connectivity index (χ3v) is 3.89. The molecule has 1 aromatic heterocycles. The Morgan fingerprint density at radius 3 is 2.75 bits per heavy atom. The van der Waals surface area contributed by atoms with Crippen LogP contribution < -0.4 is 4.90 Å². The SMILES string of the molecule is C[C@H](O)c1ccc(N2CCCCc3ccccc32)nc1. The molecule has 2 aromatic rings. The number of aliphatic hydroxyl groups is 1. The number of para-hydroxylation sites is 1. The number of hydrogen-bond acceptors (Lipinski definition) is 3. The van der Waals surface area contributed by atoms with Gasteiger partial charge >= 0.3 is 0 Å². The van der Waals surface area contributed by atoms with E-state index in [0.717, 1.165) is 24.3 Å². The first-order valence-corrected chi connectivity index (χ1v) is 7.25. The maximum Gasteiger partial charge on any atom is 0.132 e. The van der Waals surface area contributed by atoms with Crippen molar-refractivity contribution in [3.8, 4) is 0 Å². The van der Waals surface area contributed by atoms with Gasteiger partial charge in [-0.2, -0.15) is 0 Å². The average molecular weight is 268 g/mol. The fourth-order valence-corrected chi connectivity index (χ4v) is 2.73. The summed E-state index contributed by atoms with van der Waals surface area (Å²) < 4.78 is 0. The minimum atomic E-state index is -0.465. The molecule has 0 saturated heterocycles. The van der Waals surface area contributed by atoms with E-state index in [1.54, 1.807) is 13.1 Å². The minimum Gasteiger partial charge on any atom is -0.389 e. The average Bonchev–Trinajstić information content (AvgIpc) is 2.69. The van der Waals surface area contributed by atoms with Crippen molar-refractivity contribution in [3.05, 3.63) is 53.7 Å². The van der Waals surface area contributed by atoms with E-state index in [1.807, 2.05) is 12.1 Å². The highest BCUT2D eigenvalue weighted by molar-refractivity contribution is 5.64. The van der Waals surface area contributed by atoms with Crippen LogP contribution in [0.5, 0.6) is 0 Å². The summed E-state index contributed by atoms with van der Waals surface area (Å²) in [6.07, 6.45) is 4.84. The molecule has 3 nitrogen and oxygen atoms in total. The fourth-order valence-electron chi connectivity index (χ4n) is 2.73. The Labute approximate surface area is 119 Å². The van der Waals surface area contributed by atoms with Crippen LogP contribution in [0.1, 0.15) is 37.0 Å². The Hall–Kier alpha value is -1.87. The maximum atomic E-state index is 9.57. The zero-order chi connectivity index (χ0) is 13.9. The van der Waals surface area contributed by atoms with E-state index < -0.39 is 6.10 Å². The number of aromatic nitrogens is 1. The lowest BCUT2D eigenvalue weighted by atomic mass is 10.1. The first kappa shape index (κ1) is 13.1. The molecule has 1 N–H and O–H groups in total. The topological polar surface area (TPSA) is 36.4 Å². The van der Waals surface area contributed by atoms with Gasteiger partial charge in [0.1, 0.15) is 5.82 Å². The Balaban J connectivity index is 1.97. The number of pyridine rings is 1. The van der Waals surface area contributed by atoms with Crippen LogP contribution in [0.4, 0.5) is 11.5 Å². The molecule has 3 rings (SSSR count). The second-order valence-electron chi connectivity index (χ2n) is 5.36. The maximum absolute atomic E-state index is 9.57. The molecule has 0 spiro atoms. The summed E-state index contributed by atoms with van der Waals surface area (Å²) in [7, 11) is 0. The van der Waals surface area contributed by atoms with Gasteiger partial charge in [0.2, 0.25) is 0 Å². The lowest BCUT2D eigenvalue weighted by molar-refractivity contribution is 0.199. The summed E-state index contributed by atoms with van der Waals surface area (Å²) in [6, 6.07) is 12.5. The van der Waals surface area contributed by atoms with Gasteiger partial charge in [0.25, 0.3) is 0 Å². The number of benzene rings is 1. The van der Waals surface area contributed by atoms with Crippen molar-refractivity contribution in [1.29, 1.82) is 0 Å². The highest BCUT2D eigenvalue weighted by Crippen LogP contribution is 2.31. The molecule has 2 heterocycles. The summed E-state index contributed by atoms with van der Waals surface area (Å²) in [5.74, 6) is 0.962. The van der Waals surface area contributed by atoms with Gasteiger partial charge in [-0.1, -0.05) is 24.3 Å². The van der Waals surface area contributed by atoms with Gasteiger partial charge in [0, 0.05) is 18.4 Å². The Morgan fingerprint density at radius 2 is 2.00 bits per heavy atom. The molecule has 1 aromatic carbocycles. The summed E-state index contributed by atoms with van der Waals surface area (Å²) in [6.45, 7) is 2.76. The summed E-state index contributed by atoms with van der Waals surface area (Å²) >= 11 is 0. The summed E-state index contributed by atoms with van der Waals surface area (Å²) in [5, 5.41) is 9.57. The van der Waals surface area contributed by atoms with Crippen molar-refractivity contribution in [2.45, 2.75) is 32.3 Å². The highest BCUT2D eigenvalue weighted by atomic mass is 16.3. The molecule has 20 heavy (non-hydrogen) atoms. The number of aliphatic hydroxyl groups excluding tert-OH is 1. The van der Waals surface area contributed by atoms with Gasteiger partial charge in [-0.3, -0.25) is 0 Å². The Kier molecular flexibility index (Phi) is 3.70. The van der Waals surface area contributed by atoms with Crippen molar-refractivity contribution >= 4 is 11.5 Å². The molecular formula is C17H20N2O. The number of hydrogen-bond donors (Lipinski definition) is 1. The fraction of sp³-hybridized carbons (Fsp3) is 0.353. The second kappa shape index (κ2) is 5.63. The summed E-state index contributed by atoms with van der Waals surface area (Å²) in [4.78, 5) is 6.82. The normalized spacial score (nSPS) is 16.4. The largest absolute Gasteiger partial charge is 0.389 e. The van der Waals surface area contributed by atoms with Crippen molar-refractivity contribution in [1.82, 2.24) is 4.98 Å². The van der Waals surface area contributed by atoms with Gasteiger partial charge in [-0.15, -0.1) is 0 Å². The zero-order valence-electron chi connectivity index (χ0n) is 11.8. The Bertz CT molecular complexity index is 578. The van der Waals surface area contributed by atoms with Crippen molar-refractivity contribution in [2.24, 2.45) is 0 Å². The first-order valence-electron chi connectivity index (χ1n) is 7.25. The van der Waals surface area contributed by atoms with Crippen LogP contribution in [0, 0.1) is 0 Å². The van der Waals surface area contributed by atoms with E-state index in [9.17, 15) is 5.11 Å². The minimum absolute atomic E-state index is 0.465. The van der Waals surface area contributed by atoms with Crippen LogP contribution in [0.2, 0.25) is 0 Å². The standard InChI is InChI=1S/C17H20N2O/c1-13(20)15-9-10-17(18-12-15)19-11-5-4-7-14-6-2-3-8-16(14)19/h2-3,6,8-10,12-13,20H,4-5,7,11H2,1H3/t13-/m0/s1. The smallest absolute Gasteiger partial charge is 0.132 e. The van der Waals surface area contributed by atoms with E-state index in [4.69, 9.17) is 0 Å². The first-order chi connectivity index (χ1) is 9.75. The molecule has 104 valence electrons. The van der Waals surface area contributed by atoms with Crippen LogP contribution in [-0.2, 0) is 6.42 Å². The number of nitrogens with zero attached hydrogens (tertiary/aromatic N) is 2. The molecule has 0 aliphatic carbocycles. The molecule has 0 unspecified atom stereocenters. The number of aryl methyl sites for hydroxylation is 1. The molecule has 0 radical (unpaired) electrons. The van der Waals surface area contributed by atoms with E-state index in [-0.39, 0.29) is 0 Å². The number of fused-ring (bicyclic) bond motifs is 1. The van der Waals surface area contributed by atoms with Crippen LogP contribution in [0.25, 0.3) is 0 Å². The van der Waals surface area contributed by atoms with E-state index in [1.165, 1.54) is 24.1 Å². The molecule has 1 aliphatic rings. The molecule has 1 aliphatic heterocycles. The van der Waals surface area contributed by atoms with E-state index >= 15 is 0 Å². The van der Waals surface area contributed by atoms with Gasteiger partial charge in [0.05, 0.1) is 6.10 Å². The zero-order valence-corrected chi connectivity index (χ0v) is 11.8. The van der Waals surface area contributed by atoms with Crippen LogP contribution in [0.3, 0.4) is 0 Å². The lowest BCUT2D eigenvalue weighted by Gasteiger charge is -2.24. The highest BCUT2D eigenvalue weighted by Gasteiger charge is 2.17. The lowest BCUT2D eigenvalue weighted by Crippen LogP contribution is -2.19. The van der Waals surface area contributed by atoms with Crippen molar-refractivity contribution < 1.29 is 5.11 Å². The molecular weight excluding hydrogens is 248 g/mol. The van der Waals surface area contributed by atoms with Gasteiger partial charge in [0.15, 0.2) is 0 Å². The molecule has 0 amide bonds. The second-order valence-corrected chi connectivity index (χ2v) is 5.36. The third kappa shape index (κ3) is 2.54. The monoisotopic (exact) mass is 268 g/mol. The van der Waals surface area contributed by atoms with Crippen LogP contribution in [0.15, 0.2) is 42.6 Å². The van der Waals surface area contributed by atoms with Crippen LogP contribution >= 0.6 is 0 Å². The van der Waals surface area contributed by atoms with Gasteiger partial charge in [-0.05, 0) is 49.4 Å². The van der Waals surface area contributed by atoms with E-state index in [2.05, 4.69) is 34.1 Å². The third-order valence-electron chi connectivity index (χ3n) is 3.89. The Morgan fingerprint density at radius 1 is 1.15 bits per heavy atom. The van der Waals surface area contributed by atoms with Crippen molar-refractivity contribution in [2.75, 3.05) is 11.4 Å². The van der Waals surface area contributed by atoms with Crippen LogP contribution in [-0.4, -0.2) is 16.6 Å². The molecule has 0 bridgehead atoms. The number of anilines is 2. The molecule has 0 saturated carbocycles. The summed E-state index contributed by atoms with van der Waals surface area (Å²) in [5.41, 5.74) is 3.52. The predicted molar refractivity (Wildman–Crippen MR) is 81.3 cm³/mol. The molecule has 1 atom stereocenters. The van der Waals surface area contributed by atoms with E-state index in [0.29, 0.717) is 0 Å². The number of rotatable bonds is 2. The molecule has 0 fully saturated rings. The predicted octanol–water partition coefficient (Wildman–Crippen LogP) is 3.61. The molecule has 3 heteroatoms. The van der Waals surface area contributed by atoms with Gasteiger partial charge in [-0.25, -0.2) is 4.98 Å². The van der Waals surface area contributed by atoms with Crippen molar-refractivity contribution in [3.63, 3.8) is 0 Å². The quantitative estimate of drug-likeness (QED) is 0.904. The van der Waals surface area contributed by atoms with Gasteiger partial charge < -0.3 is 10.0 Å².